The predicted octanol–water partition coefficient (Wildman–Crippen LogP) is 5.62. The zero-order valence-corrected chi connectivity index (χ0v) is 21.6. The van der Waals surface area contributed by atoms with Gasteiger partial charge >= 0.3 is 0 Å². The molecule has 1 unspecified atom stereocenters. The highest BCUT2D eigenvalue weighted by molar-refractivity contribution is 6.46. The van der Waals surface area contributed by atoms with E-state index in [1.807, 2.05) is 44.2 Å². The molecule has 0 aliphatic carbocycles. The molecule has 0 spiro atoms. The van der Waals surface area contributed by atoms with E-state index in [1.54, 1.807) is 36.5 Å². The molecule has 1 fully saturated rings. The molecular weight excluding hydrogens is 468 g/mol. The molecule has 7 nitrogen and oxygen atoms in total. The van der Waals surface area contributed by atoms with Crippen molar-refractivity contribution in [1.82, 2.24) is 9.88 Å². The van der Waals surface area contributed by atoms with Crippen LogP contribution in [-0.4, -0.2) is 39.9 Å². The monoisotopic (exact) mass is 500 g/mol. The lowest BCUT2D eigenvalue weighted by molar-refractivity contribution is -0.140. The van der Waals surface area contributed by atoms with Gasteiger partial charge in [-0.25, -0.2) is 0 Å². The molecular formula is C30H32N2O5. The van der Waals surface area contributed by atoms with Crippen LogP contribution in [0, 0.1) is 0 Å². The molecule has 1 atom stereocenters. The van der Waals surface area contributed by atoms with Crippen molar-refractivity contribution in [2.24, 2.45) is 0 Å². The second-order valence-corrected chi connectivity index (χ2v) is 9.09. The summed E-state index contributed by atoms with van der Waals surface area (Å²) in [5.41, 5.74) is 2.85. The van der Waals surface area contributed by atoms with Crippen LogP contribution in [0.4, 0.5) is 0 Å². The van der Waals surface area contributed by atoms with Crippen LogP contribution in [0.1, 0.15) is 62.0 Å². The van der Waals surface area contributed by atoms with Crippen molar-refractivity contribution in [2.45, 2.75) is 46.2 Å². The molecule has 1 aromatic heterocycles. The maximum atomic E-state index is 13.4. The maximum Gasteiger partial charge on any atom is 0.296 e. The number of Topliss-reactive ketones (excluding diaryl/α,β-unsaturated/α-hetero) is 1. The molecule has 2 heterocycles. The Morgan fingerprint density at radius 1 is 1.00 bits per heavy atom. The molecule has 3 aromatic rings. The Morgan fingerprint density at radius 3 is 2.35 bits per heavy atom. The van der Waals surface area contributed by atoms with Crippen LogP contribution >= 0.6 is 0 Å². The van der Waals surface area contributed by atoms with E-state index in [4.69, 9.17) is 9.47 Å². The lowest BCUT2D eigenvalue weighted by Crippen LogP contribution is -2.29. The first-order chi connectivity index (χ1) is 17.8. The van der Waals surface area contributed by atoms with Crippen LogP contribution in [0.5, 0.6) is 11.5 Å². The lowest BCUT2D eigenvalue weighted by Gasteiger charge is -2.25. The van der Waals surface area contributed by atoms with Crippen molar-refractivity contribution in [2.75, 3.05) is 13.2 Å². The summed E-state index contributed by atoms with van der Waals surface area (Å²) in [6.45, 7) is 8.86. The maximum absolute atomic E-state index is 13.4. The smallest absolute Gasteiger partial charge is 0.296 e. The number of amides is 1. The number of ether oxygens (including phenoxy) is 2. The van der Waals surface area contributed by atoms with Crippen molar-refractivity contribution in [1.29, 1.82) is 0 Å². The van der Waals surface area contributed by atoms with Gasteiger partial charge in [0.15, 0.2) is 0 Å². The molecule has 4 rings (SSSR count). The van der Waals surface area contributed by atoms with E-state index in [0.717, 1.165) is 11.1 Å². The quantitative estimate of drug-likeness (QED) is 0.233. The summed E-state index contributed by atoms with van der Waals surface area (Å²) in [5, 5.41) is 11.5. The van der Waals surface area contributed by atoms with E-state index in [1.165, 1.54) is 4.90 Å². The highest BCUT2D eigenvalue weighted by atomic mass is 16.5. The van der Waals surface area contributed by atoms with Gasteiger partial charge in [0.05, 0.1) is 42.6 Å². The summed E-state index contributed by atoms with van der Waals surface area (Å²) in [6.07, 6.45) is 1.65. The SMILES string of the molecule is CCOc1ccc(/C(O)=C2/C(=O)C(=O)N(Cc3ccccn3)C2c2ccc(C(C)C)cc2)c(OCC)c1. The number of hydrogen-bond acceptors (Lipinski definition) is 6. The number of rotatable bonds is 9. The highest BCUT2D eigenvalue weighted by Crippen LogP contribution is 2.42. The van der Waals surface area contributed by atoms with Gasteiger partial charge in [-0.3, -0.25) is 14.6 Å². The number of carbonyl (C=O) groups excluding carboxylic acids is 2. The van der Waals surface area contributed by atoms with Crippen molar-refractivity contribution < 1.29 is 24.2 Å². The van der Waals surface area contributed by atoms with Crippen LogP contribution in [0.3, 0.4) is 0 Å². The van der Waals surface area contributed by atoms with E-state index in [0.29, 0.717) is 41.9 Å². The Hall–Kier alpha value is -4.13. The zero-order chi connectivity index (χ0) is 26.5. The van der Waals surface area contributed by atoms with Crippen LogP contribution in [0.25, 0.3) is 5.76 Å². The number of aromatic nitrogens is 1. The van der Waals surface area contributed by atoms with Crippen LogP contribution in [0.15, 0.2) is 72.4 Å². The number of aliphatic hydroxyl groups is 1. The minimum absolute atomic E-state index is 0.0170. The third-order valence-electron chi connectivity index (χ3n) is 6.34. The summed E-state index contributed by atoms with van der Waals surface area (Å²) < 4.78 is 11.4. The summed E-state index contributed by atoms with van der Waals surface area (Å²) in [7, 11) is 0. The fraction of sp³-hybridized carbons (Fsp3) is 0.300. The zero-order valence-electron chi connectivity index (χ0n) is 21.6. The number of carbonyl (C=O) groups is 2. The van der Waals surface area contributed by atoms with Gasteiger partial charge in [-0.1, -0.05) is 44.2 Å². The van der Waals surface area contributed by atoms with Gasteiger partial charge in [0.2, 0.25) is 0 Å². The third kappa shape index (κ3) is 5.35. The molecule has 0 saturated carbocycles. The van der Waals surface area contributed by atoms with E-state index in [9.17, 15) is 14.7 Å². The number of likely N-dealkylation sites (tertiary alicyclic amines) is 1. The Bertz CT molecular complexity index is 1300. The fourth-order valence-corrected chi connectivity index (χ4v) is 4.49. The van der Waals surface area contributed by atoms with Crippen molar-refractivity contribution in [3.8, 4) is 11.5 Å². The molecule has 1 aliphatic rings. The molecule has 1 amide bonds. The number of nitrogens with zero attached hydrogens (tertiary/aromatic N) is 2. The first-order valence-electron chi connectivity index (χ1n) is 12.5. The number of aliphatic hydroxyl groups excluding tert-OH is 1. The first kappa shape index (κ1) is 25.9. The number of ketones is 1. The van der Waals surface area contributed by atoms with Gasteiger partial charge in [0.1, 0.15) is 17.3 Å². The Kier molecular flexibility index (Phi) is 7.92. The second kappa shape index (κ2) is 11.3. The van der Waals surface area contributed by atoms with Crippen molar-refractivity contribution >= 4 is 17.4 Å². The Balaban J connectivity index is 1.87. The molecule has 1 N–H and O–H groups in total. The molecule has 1 saturated heterocycles. The normalized spacial score (nSPS) is 16.9. The lowest BCUT2D eigenvalue weighted by atomic mass is 9.93. The first-order valence-corrected chi connectivity index (χ1v) is 12.5. The van der Waals surface area contributed by atoms with Crippen LogP contribution in [0.2, 0.25) is 0 Å². The van der Waals surface area contributed by atoms with Crippen LogP contribution in [-0.2, 0) is 16.1 Å². The van der Waals surface area contributed by atoms with E-state index >= 15 is 0 Å². The summed E-state index contributed by atoms with van der Waals surface area (Å²) in [5.74, 6) is -0.440. The molecule has 7 heteroatoms. The Labute approximate surface area is 217 Å². The summed E-state index contributed by atoms with van der Waals surface area (Å²) in [6, 6.07) is 17.5. The van der Waals surface area contributed by atoms with Crippen molar-refractivity contribution in [3.63, 3.8) is 0 Å². The topological polar surface area (TPSA) is 89.0 Å². The fourth-order valence-electron chi connectivity index (χ4n) is 4.49. The predicted molar refractivity (Wildman–Crippen MR) is 141 cm³/mol. The van der Waals surface area contributed by atoms with Gasteiger partial charge in [-0.2, -0.15) is 0 Å². The van der Waals surface area contributed by atoms with E-state index in [2.05, 4.69) is 18.8 Å². The van der Waals surface area contributed by atoms with Crippen LogP contribution < -0.4 is 9.47 Å². The third-order valence-corrected chi connectivity index (χ3v) is 6.34. The molecule has 192 valence electrons. The largest absolute Gasteiger partial charge is 0.507 e. The number of benzene rings is 2. The van der Waals surface area contributed by atoms with Crippen molar-refractivity contribution in [3.05, 3.63) is 94.8 Å². The number of hydrogen-bond donors (Lipinski definition) is 1. The standard InChI is InChI=1S/C30H32N2O5/c1-5-36-23-14-15-24(25(17-23)37-6-2)28(33)26-27(21-12-10-20(11-13-21)19(3)4)32(30(35)29(26)34)18-22-9-7-8-16-31-22/h7-17,19,27,33H,5-6,18H2,1-4H3/b28-26-. The average Bonchev–Trinajstić information content (AvgIpc) is 3.14. The van der Waals surface area contributed by atoms with Gasteiger partial charge in [-0.05, 0) is 55.2 Å². The molecule has 0 radical (unpaired) electrons. The van der Waals surface area contributed by atoms with Gasteiger partial charge in [0, 0.05) is 12.3 Å². The molecule has 37 heavy (non-hydrogen) atoms. The van der Waals surface area contributed by atoms with Gasteiger partial charge in [0.25, 0.3) is 11.7 Å². The second-order valence-electron chi connectivity index (χ2n) is 9.09. The average molecular weight is 501 g/mol. The van der Waals surface area contributed by atoms with Gasteiger partial charge < -0.3 is 19.5 Å². The minimum Gasteiger partial charge on any atom is -0.507 e. The van der Waals surface area contributed by atoms with E-state index in [-0.39, 0.29) is 17.9 Å². The Morgan fingerprint density at radius 2 is 1.73 bits per heavy atom. The van der Waals surface area contributed by atoms with Gasteiger partial charge in [-0.15, -0.1) is 0 Å². The highest BCUT2D eigenvalue weighted by Gasteiger charge is 2.46. The minimum atomic E-state index is -0.788. The molecule has 1 aliphatic heterocycles. The number of pyridine rings is 1. The molecule has 0 bridgehead atoms. The summed E-state index contributed by atoms with van der Waals surface area (Å²) in [4.78, 5) is 32.6. The van der Waals surface area contributed by atoms with E-state index < -0.39 is 17.7 Å². The summed E-state index contributed by atoms with van der Waals surface area (Å²) >= 11 is 0. The molecule has 2 aromatic carbocycles.